The topological polar surface area (TPSA) is 88.6 Å². The molecule has 220 valence electrons. The molecule has 2 amide bonds. The first-order chi connectivity index (χ1) is 21.6. The minimum absolute atomic E-state index is 0.169. The third-order valence-corrected chi connectivity index (χ3v) is 9.59. The number of hydrogen-bond acceptors (Lipinski definition) is 7. The number of thioether (sulfide) groups is 2. The van der Waals surface area contributed by atoms with E-state index in [1.54, 1.807) is 12.4 Å². The molecule has 3 aromatic carbocycles. The van der Waals surface area contributed by atoms with E-state index in [1.807, 2.05) is 115 Å². The van der Waals surface area contributed by atoms with Crippen LogP contribution in [0.1, 0.15) is 28.4 Å². The van der Waals surface area contributed by atoms with Crippen molar-refractivity contribution in [2.45, 2.75) is 23.9 Å². The van der Waals surface area contributed by atoms with E-state index in [4.69, 9.17) is 4.74 Å². The van der Waals surface area contributed by atoms with E-state index in [1.165, 1.54) is 28.4 Å². The fourth-order valence-electron chi connectivity index (χ4n) is 5.09. The summed E-state index contributed by atoms with van der Waals surface area (Å²) in [6.45, 7) is 0. The quantitative estimate of drug-likeness (QED) is 0.173. The van der Waals surface area contributed by atoms with Crippen LogP contribution in [0, 0.1) is 0 Å². The maximum atomic E-state index is 14.1. The third-order valence-electron chi connectivity index (χ3n) is 7.24. The van der Waals surface area contributed by atoms with E-state index in [2.05, 4.69) is 10.3 Å². The Morgan fingerprint density at radius 1 is 0.955 bits per heavy atom. The van der Waals surface area contributed by atoms with Gasteiger partial charge < -0.3 is 10.1 Å². The van der Waals surface area contributed by atoms with Crippen LogP contribution in [0.25, 0.3) is 6.08 Å². The molecule has 0 spiro atoms. The van der Waals surface area contributed by atoms with Crippen LogP contribution in [-0.4, -0.2) is 44.8 Å². The van der Waals surface area contributed by atoms with Gasteiger partial charge in [-0.05, 0) is 39.8 Å². The molecule has 1 saturated heterocycles. The van der Waals surface area contributed by atoms with Gasteiger partial charge in [0, 0.05) is 23.1 Å². The summed E-state index contributed by atoms with van der Waals surface area (Å²) in [5, 5.41) is 4.36. The van der Waals surface area contributed by atoms with Crippen molar-refractivity contribution in [3.8, 4) is 0 Å². The van der Waals surface area contributed by atoms with Gasteiger partial charge in [0.05, 0.1) is 6.42 Å². The smallest absolute Gasteiger partial charge is 0.356 e. The number of rotatable bonds is 10. The Morgan fingerprint density at radius 3 is 2.25 bits per heavy atom. The first-order valence-corrected chi connectivity index (χ1v) is 16.1. The van der Waals surface area contributed by atoms with Crippen molar-refractivity contribution in [2.75, 3.05) is 5.75 Å². The summed E-state index contributed by atoms with van der Waals surface area (Å²) in [6, 6.07) is 31.5. The molecule has 1 aromatic heterocycles. The molecular weight excluding hydrogens is 591 g/mol. The highest BCUT2D eigenvalue weighted by Crippen LogP contribution is 2.45. The molecule has 2 atom stereocenters. The molecule has 0 saturated carbocycles. The normalized spacial score (nSPS) is 17.8. The van der Waals surface area contributed by atoms with E-state index in [0.717, 1.165) is 22.3 Å². The number of ether oxygens (including phenoxy) is 1. The van der Waals surface area contributed by atoms with Crippen molar-refractivity contribution in [2.24, 2.45) is 0 Å². The van der Waals surface area contributed by atoms with Gasteiger partial charge in [0.1, 0.15) is 17.1 Å². The first-order valence-electron chi connectivity index (χ1n) is 14.1. The van der Waals surface area contributed by atoms with Crippen LogP contribution >= 0.6 is 23.5 Å². The van der Waals surface area contributed by atoms with Crippen LogP contribution in [-0.2, 0) is 25.5 Å². The number of fused-ring (bicyclic) bond motifs is 1. The summed E-state index contributed by atoms with van der Waals surface area (Å²) in [4.78, 5) is 46.8. The second-order valence-electron chi connectivity index (χ2n) is 10.2. The van der Waals surface area contributed by atoms with Crippen LogP contribution in [0.2, 0.25) is 0 Å². The summed E-state index contributed by atoms with van der Waals surface area (Å²) < 4.78 is 6.22. The molecule has 3 heterocycles. The number of carbonyl (C=O) groups excluding carboxylic acids is 3. The van der Waals surface area contributed by atoms with Gasteiger partial charge in [-0.25, -0.2) is 4.79 Å². The zero-order valence-corrected chi connectivity index (χ0v) is 25.2. The lowest BCUT2D eigenvalue weighted by atomic mass is 10.0. The Hall–Kier alpha value is -4.60. The van der Waals surface area contributed by atoms with E-state index in [0.29, 0.717) is 10.7 Å². The first kappa shape index (κ1) is 29.5. The molecular formula is C35H29N3O4S2. The van der Waals surface area contributed by atoms with Gasteiger partial charge in [-0.1, -0.05) is 109 Å². The third kappa shape index (κ3) is 6.64. The molecule has 2 aliphatic heterocycles. The molecule has 6 rings (SSSR count). The van der Waals surface area contributed by atoms with Crippen LogP contribution < -0.4 is 5.32 Å². The molecule has 44 heavy (non-hydrogen) atoms. The van der Waals surface area contributed by atoms with Gasteiger partial charge in [0.15, 0.2) is 6.10 Å². The minimum Gasteiger partial charge on any atom is -0.448 e. The van der Waals surface area contributed by atoms with Crippen molar-refractivity contribution < 1.29 is 19.1 Å². The van der Waals surface area contributed by atoms with Crippen LogP contribution in [0.4, 0.5) is 0 Å². The molecule has 0 radical (unpaired) electrons. The van der Waals surface area contributed by atoms with Crippen LogP contribution in [0.3, 0.4) is 0 Å². The zero-order chi connectivity index (χ0) is 30.3. The SMILES string of the molecule is O=C(Cc1ccccc1)N[C@@H]1C(=O)N2C(C(=O)OC(c3ccccc3)c3ccccc3)=C(S/C=C\c3cccnc3)CS[C@H]12. The lowest BCUT2D eigenvalue weighted by Gasteiger charge is -2.49. The predicted octanol–water partition coefficient (Wildman–Crippen LogP) is 5.97. The molecule has 9 heteroatoms. The second-order valence-corrected chi connectivity index (χ2v) is 12.3. The van der Waals surface area contributed by atoms with Crippen molar-refractivity contribution in [1.82, 2.24) is 15.2 Å². The number of nitrogens with zero attached hydrogens (tertiary/aromatic N) is 2. The Balaban J connectivity index is 1.27. The highest BCUT2D eigenvalue weighted by Gasteiger charge is 2.54. The lowest BCUT2D eigenvalue weighted by Crippen LogP contribution is -2.70. The number of carbonyl (C=O) groups is 3. The highest BCUT2D eigenvalue weighted by atomic mass is 32.2. The lowest BCUT2D eigenvalue weighted by molar-refractivity contribution is -0.154. The number of aromatic nitrogens is 1. The summed E-state index contributed by atoms with van der Waals surface area (Å²) in [5.41, 5.74) is 3.63. The van der Waals surface area contributed by atoms with Crippen molar-refractivity contribution in [3.63, 3.8) is 0 Å². The summed E-state index contributed by atoms with van der Waals surface area (Å²) in [5.74, 6) is -0.683. The Kier molecular flexibility index (Phi) is 9.24. The number of hydrogen-bond donors (Lipinski definition) is 1. The summed E-state index contributed by atoms with van der Waals surface area (Å²) >= 11 is 2.89. The molecule has 7 nitrogen and oxygen atoms in total. The average molecular weight is 620 g/mol. The number of benzene rings is 3. The van der Waals surface area contributed by atoms with Gasteiger partial charge in [-0.3, -0.25) is 19.5 Å². The van der Waals surface area contributed by atoms with Crippen LogP contribution in [0.15, 0.2) is 132 Å². The number of pyridine rings is 1. The van der Waals surface area contributed by atoms with Gasteiger partial charge in [-0.2, -0.15) is 0 Å². The van der Waals surface area contributed by atoms with Gasteiger partial charge >= 0.3 is 5.97 Å². The molecule has 2 aliphatic rings. The molecule has 4 aromatic rings. The zero-order valence-electron chi connectivity index (χ0n) is 23.6. The van der Waals surface area contributed by atoms with E-state index in [9.17, 15) is 14.4 Å². The fourth-order valence-corrected chi connectivity index (χ4v) is 7.45. The van der Waals surface area contributed by atoms with E-state index < -0.39 is 23.5 Å². The fraction of sp³-hybridized carbons (Fsp3) is 0.143. The predicted molar refractivity (Wildman–Crippen MR) is 174 cm³/mol. The molecule has 0 unspecified atom stereocenters. The number of nitrogens with one attached hydrogen (secondary N) is 1. The van der Waals surface area contributed by atoms with E-state index >= 15 is 0 Å². The van der Waals surface area contributed by atoms with E-state index in [-0.39, 0.29) is 23.9 Å². The Morgan fingerprint density at radius 2 is 1.61 bits per heavy atom. The minimum atomic E-state index is -0.726. The maximum Gasteiger partial charge on any atom is 0.356 e. The number of β-lactam (4-membered cyclic amide) rings is 1. The summed E-state index contributed by atoms with van der Waals surface area (Å²) in [6.07, 6.45) is 4.87. The monoisotopic (exact) mass is 619 g/mol. The largest absolute Gasteiger partial charge is 0.448 e. The number of amides is 2. The average Bonchev–Trinajstić information content (AvgIpc) is 3.07. The Labute approximate surface area is 264 Å². The standard InChI is InChI=1S/C35H29N3O4S2/c39-29(21-24-11-4-1-5-12-24)37-30-33(40)38-31(28(23-44-34(30)38)43-20-18-25-13-10-19-36-22-25)35(41)42-32(26-14-6-2-7-15-26)27-16-8-3-9-17-27/h1-20,22,30,32,34H,21,23H2,(H,37,39)/b20-18-/t30-,34-/m1/s1. The van der Waals surface area contributed by atoms with Crippen molar-refractivity contribution in [1.29, 1.82) is 0 Å². The van der Waals surface area contributed by atoms with Crippen LogP contribution in [0.5, 0.6) is 0 Å². The molecule has 1 fully saturated rings. The molecule has 1 N–H and O–H groups in total. The molecule has 0 aliphatic carbocycles. The van der Waals surface area contributed by atoms with Gasteiger partial charge in [0.2, 0.25) is 5.91 Å². The summed E-state index contributed by atoms with van der Waals surface area (Å²) in [7, 11) is 0. The van der Waals surface area contributed by atoms with Gasteiger partial charge in [-0.15, -0.1) is 11.8 Å². The number of esters is 1. The molecule has 0 bridgehead atoms. The van der Waals surface area contributed by atoms with Gasteiger partial charge in [0.25, 0.3) is 5.91 Å². The highest BCUT2D eigenvalue weighted by molar-refractivity contribution is 8.08. The second kappa shape index (κ2) is 13.8. The van der Waals surface area contributed by atoms with Crippen molar-refractivity contribution >= 4 is 47.4 Å². The maximum absolute atomic E-state index is 14.1. The Bertz CT molecular complexity index is 1640. The van der Waals surface area contributed by atoms with Crippen molar-refractivity contribution in [3.05, 3.63) is 154 Å².